The quantitative estimate of drug-likeness (QED) is 0.536. The molecule has 0 aliphatic carbocycles. The van der Waals surface area contributed by atoms with Crippen molar-refractivity contribution in [3.63, 3.8) is 0 Å². The molecule has 1 heteroatoms. The molecular weight excluding hydrogens is 206 g/mol. The number of rotatable bonds is 0. The summed E-state index contributed by atoms with van der Waals surface area (Å²) in [7, 11) is 2.16. The Hall–Kier alpha value is -1.76. The number of hydrogen-bond acceptors (Lipinski definition) is 0. The van der Waals surface area contributed by atoms with Crippen molar-refractivity contribution in [1.29, 1.82) is 0 Å². The van der Waals surface area contributed by atoms with E-state index in [-0.39, 0.29) is 0 Å². The number of aryl methyl sites for hydroxylation is 4. The Morgan fingerprint density at radius 2 is 1.65 bits per heavy atom. The van der Waals surface area contributed by atoms with Gasteiger partial charge in [-0.15, -0.1) is 0 Å². The first-order valence-corrected chi connectivity index (χ1v) is 6.05. The predicted molar refractivity (Wildman–Crippen MR) is 74.6 cm³/mol. The van der Waals surface area contributed by atoms with E-state index in [4.69, 9.17) is 0 Å². The standard InChI is InChI=1S/C16H17N/c1-10-9-11(2)16-15(12(10)3)13-7-5-6-8-14(13)17(16)4/h5-9H,1-4H3. The summed E-state index contributed by atoms with van der Waals surface area (Å²) in [6.07, 6.45) is 0. The Kier molecular flexibility index (Phi) is 2.06. The average Bonchev–Trinajstić information content (AvgIpc) is 2.61. The second-order valence-electron chi connectivity index (χ2n) is 4.94. The van der Waals surface area contributed by atoms with Crippen LogP contribution in [0.3, 0.4) is 0 Å². The fourth-order valence-electron chi connectivity index (χ4n) is 2.93. The van der Waals surface area contributed by atoms with E-state index in [0.29, 0.717) is 0 Å². The number of aromatic nitrogens is 1. The van der Waals surface area contributed by atoms with Gasteiger partial charge in [-0.1, -0.05) is 24.3 Å². The highest BCUT2D eigenvalue weighted by molar-refractivity contribution is 6.10. The molecule has 1 heterocycles. The van der Waals surface area contributed by atoms with Crippen LogP contribution in [-0.4, -0.2) is 4.57 Å². The Labute approximate surface area is 102 Å². The normalized spacial score (nSPS) is 11.5. The van der Waals surface area contributed by atoms with Gasteiger partial charge in [0, 0.05) is 23.3 Å². The smallest absolute Gasteiger partial charge is 0.0521 e. The van der Waals surface area contributed by atoms with E-state index in [1.54, 1.807) is 0 Å². The van der Waals surface area contributed by atoms with Crippen molar-refractivity contribution in [3.8, 4) is 0 Å². The molecule has 1 nitrogen and oxygen atoms in total. The van der Waals surface area contributed by atoms with Crippen LogP contribution in [-0.2, 0) is 7.05 Å². The molecule has 0 N–H and O–H groups in total. The molecular formula is C16H17N. The lowest BCUT2D eigenvalue weighted by Crippen LogP contribution is -1.91. The van der Waals surface area contributed by atoms with Crippen LogP contribution in [0.15, 0.2) is 30.3 Å². The maximum atomic E-state index is 2.31. The van der Waals surface area contributed by atoms with Gasteiger partial charge in [-0.05, 0) is 43.5 Å². The van der Waals surface area contributed by atoms with E-state index in [2.05, 4.69) is 62.7 Å². The molecule has 0 unspecified atom stereocenters. The van der Waals surface area contributed by atoms with Crippen molar-refractivity contribution < 1.29 is 0 Å². The Bertz CT molecular complexity index is 732. The molecule has 0 spiro atoms. The maximum absolute atomic E-state index is 2.31. The van der Waals surface area contributed by atoms with Crippen LogP contribution in [0.1, 0.15) is 16.7 Å². The summed E-state index contributed by atoms with van der Waals surface area (Å²) in [6, 6.07) is 10.9. The minimum absolute atomic E-state index is 1.32. The number of benzene rings is 2. The fraction of sp³-hybridized carbons (Fsp3) is 0.250. The first-order valence-electron chi connectivity index (χ1n) is 6.05. The van der Waals surface area contributed by atoms with Crippen LogP contribution >= 0.6 is 0 Å². The summed E-state index contributed by atoms with van der Waals surface area (Å²) in [6.45, 7) is 6.63. The Balaban J connectivity index is 2.72. The molecule has 0 radical (unpaired) electrons. The third-order valence-electron chi connectivity index (χ3n) is 3.88. The van der Waals surface area contributed by atoms with Gasteiger partial charge in [-0.25, -0.2) is 0 Å². The number of hydrogen-bond donors (Lipinski definition) is 0. The summed E-state index contributed by atoms with van der Waals surface area (Å²) in [4.78, 5) is 0. The van der Waals surface area contributed by atoms with Gasteiger partial charge in [0.2, 0.25) is 0 Å². The van der Waals surface area contributed by atoms with Crippen molar-refractivity contribution in [1.82, 2.24) is 4.57 Å². The van der Waals surface area contributed by atoms with Crippen LogP contribution in [0, 0.1) is 20.8 Å². The first-order chi connectivity index (χ1) is 8.11. The molecule has 17 heavy (non-hydrogen) atoms. The first kappa shape index (κ1) is 10.4. The zero-order chi connectivity index (χ0) is 12.2. The second kappa shape index (κ2) is 3.36. The van der Waals surface area contributed by atoms with Gasteiger partial charge < -0.3 is 4.57 Å². The zero-order valence-electron chi connectivity index (χ0n) is 10.8. The lowest BCUT2D eigenvalue weighted by atomic mass is 10.00. The van der Waals surface area contributed by atoms with Gasteiger partial charge in [0.15, 0.2) is 0 Å². The second-order valence-corrected chi connectivity index (χ2v) is 4.94. The van der Waals surface area contributed by atoms with E-state index in [1.807, 2.05) is 0 Å². The summed E-state index contributed by atoms with van der Waals surface area (Å²) in [5.41, 5.74) is 6.84. The van der Waals surface area contributed by atoms with E-state index in [1.165, 1.54) is 38.5 Å². The monoisotopic (exact) mass is 223 g/mol. The van der Waals surface area contributed by atoms with Crippen LogP contribution < -0.4 is 0 Å². The van der Waals surface area contributed by atoms with E-state index in [0.717, 1.165) is 0 Å². The topological polar surface area (TPSA) is 4.93 Å². The lowest BCUT2D eigenvalue weighted by molar-refractivity contribution is 1.01. The van der Waals surface area contributed by atoms with Crippen molar-refractivity contribution in [3.05, 3.63) is 47.0 Å². The van der Waals surface area contributed by atoms with Crippen molar-refractivity contribution in [2.45, 2.75) is 20.8 Å². The molecule has 86 valence electrons. The van der Waals surface area contributed by atoms with Crippen LogP contribution in [0.25, 0.3) is 21.8 Å². The minimum Gasteiger partial charge on any atom is -0.343 e. The van der Waals surface area contributed by atoms with Crippen molar-refractivity contribution in [2.75, 3.05) is 0 Å². The highest BCUT2D eigenvalue weighted by Gasteiger charge is 2.13. The van der Waals surface area contributed by atoms with Crippen molar-refractivity contribution in [2.24, 2.45) is 7.05 Å². The Morgan fingerprint density at radius 3 is 2.41 bits per heavy atom. The van der Waals surface area contributed by atoms with E-state index < -0.39 is 0 Å². The summed E-state index contributed by atoms with van der Waals surface area (Å²) in [5, 5.41) is 2.79. The summed E-state index contributed by atoms with van der Waals surface area (Å²) < 4.78 is 2.31. The Morgan fingerprint density at radius 1 is 0.941 bits per heavy atom. The fourth-order valence-corrected chi connectivity index (χ4v) is 2.93. The van der Waals surface area contributed by atoms with Crippen LogP contribution in [0.2, 0.25) is 0 Å². The highest BCUT2D eigenvalue weighted by Crippen LogP contribution is 2.33. The summed E-state index contributed by atoms with van der Waals surface area (Å²) >= 11 is 0. The third kappa shape index (κ3) is 1.25. The molecule has 3 aromatic rings. The molecule has 1 aromatic heterocycles. The largest absolute Gasteiger partial charge is 0.343 e. The molecule has 0 bridgehead atoms. The van der Waals surface area contributed by atoms with Gasteiger partial charge in [0.25, 0.3) is 0 Å². The molecule has 2 aromatic carbocycles. The third-order valence-corrected chi connectivity index (χ3v) is 3.88. The van der Waals surface area contributed by atoms with E-state index >= 15 is 0 Å². The molecule has 0 fully saturated rings. The number of para-hydroxylation sites is 1. The molecule has 0 saturated carbocycles. The lowest BCUT2D eigenvalue weighted by Gasteiger charge is -2.07. The molecule has 3 rings (SSSR count). The molecule has 0 aliphatic rings. The molecule has 0 saturated heterocycles. The van der Waals surface area contributed by atoms with Gasteiger partial charge in [0.1, 0.15) is 0 Å². The van der Waals surface area contributed by atoms with Gasteiger partial charge in [0.05, 0.1) is 5.52 Å². The van der Waals surface area contributed by atoms with Crippen molar-refractivity contribution >= 4 is 21.8 Å². The zero-order valence-corrected chi connectivity index (χ0v) is 10.8. The predicted octanol–water partition coefficient (Wildman–Crippen LogP) is 4.26. The molecule has 0 amide bonds. The average molecular weight is 223 g/mol. The van der Waals surface area contributed by atoms with Gasteiger partial charge in [-0.3, -0.25) is 0 Å². The van der Waals surface area contributed by atoms with Crippen LogP contribution in [0.5, 0.6) is 0 Å². The maximum Gasteiger partial charge on any atom is 0.0521 e. The molecule has 0 aliphatic heterocycles. The van der Waals surface area contributed by atoms with Crippen LogP contribution in [0.4, 0.5) is 0 Å². The highest BCUT2D eigenvalue weighted by atomic mass is 14.9. The number of fused-ring (bicyclic) bond motifs is 3. The molecule has 0 atom stereocenters. The van der Waals surface area contributed by atoms with E-state index in [9.17, 15) is 0 Å². The summed E-state index contributed by atoms with van der Waals surface area (Å²) in [5.74, 6) is 0. The minimum atomic E-state index is 1.32. The van der Waals surface area contributed by atoms with Gasteiger partial charge in [-0.2, -0.15) is 0 Å². The number of nitrogens with zero attached hydrogens (tertiary/aromatic N) is 1. The van der Waals surface area contributed by atoms with Gasteiger partial charge >= 0.3 is 0 Å². The SMILES string of the molecule is Cc1cc(C)c2c(c1C)c1ccccc1n2C.